The van der Waals surface area contributed by atoms with Crippen molar-refractivity contribution in [3.63, 3.8) is 0 Å². The monoisotopic (exact) mass is 289 g/mol. The number of hydrogen-bond acceptors (Lipinski definition) is 2. The molecule has 2 unspecified atom stereocenters. The molecule has 2 aromatic heterocycles. The number of fused-ring (bicyclic) bond motifs is 3. The third kappa shape index (κ3) is 1.74. The average molecular weight is 290 g/mol. The van der Waals surface area contributed by atoms with E-state index < -0.39 is 0 Å². The topological polar surface area (TPSA) is 37.6 Å². The van der Waals surface area contributed by atoms with Crippen molar-refractivity contribution in [2.24, 2.45) is 0 Å². The summed E-state index contributed by atoms with van der Waals surface area (Å²) in [6.07, 6.45) is 7.55. The average Bonchev–Trinajstić information content (AvgIpc) is 2.98. The Labute approximate surface area is 122 Å². The number of carbonyl (C=O) groups excluding carboxylic acids is 1. The van der Waals surface area contributed by atoms with Gasteiger partial charge < -0.3 is 4.90 Å². The summed E-state index contributed by atoms with van der Waals surface area (Å²) >= 11 is 6.28. The Kier molecular flexibility index (Phi) is 2.74. The van der Waals surface area contributed by atoms with E-state index in [1.807, 2.05) is 24.4 Å². The highest BCUT2D eigenvalue weighted by molar-refractivity contribution is 6.20. The second-order valence-corrected chi connectivity index (χ2v) is 6.37. The van der Waals surface area contributed by atoms with Gasteiger partial charge in [-0.1, -0.05) is 6.07 Å². The molecule has 2 aromatic rings. The molecule has 0 N–H and O–H groups in total. The molecule has 20 heavy (non-hydrogen) atoms. The molecule has 4 rings (SSSR count). The van der Waals surface area contributed by atoms with Crippen LogP contribution in [0.4, 0.5) is 0 Å². The van der Waals surface area contributed by atoms with E-state index in [0.717, 1.165) is 31.2 Å². The van der Waals surface area contributed by atoms with Gasteiger partial charge in [-0.15, -0.1) is 11.6 Å². The van der Waals surface area contributed by atoms with Crippen molar-refractivity contribution >= 4 is 23.0 Å². The summed E-state index contributed by atoms with van der Waals surface area (Å²) < 4.78 is 1.75. The lowest BCUT2D eigenvalue weighted by Crippen LogP contribution is -2.46. The number of rotatable bonds is 1. The smallest absolute Gasteiger partial charge is 0.258 e. The van der Waals surface area contributed by atoms with E-state index >= 15 is 0 Å². The largest absolute Gasteiger partial charge is 0.332 e. The van der Waals surface area contributed by atoms with Gasteiger partial charge >= 0.3 is 0 Å². The molecule has 2 aliphatic heterocycles. The summed E-state index contributed by atoms with van der Waals surface area (Å²) in [7, 11) is 0. The van der Waals surface area contributed by atoms with Crippen LogP contribution in [0.3, 0.4) is 0 Å². The number of carbonyl (C=O) groups is 1. The SMILES string of the molecule is O=C(c1cnn2ccccc12)N1C2CCC1CC(Cl)C2. The molecule has 0 saturated carbocycles. The number of aromatic nitrogens is 2. The standard InChI is InChI=1S/C15H16ClN3O/c16-10-7-11-4-5-12(8-10)19(11)15(20)13-9-17-18-6-2-1-3-14(13)18/h1-3,6,9-12H,4-5,7-8H2. The molecule has 4 nitrogen and oxygen atoms in total. The molecule has 2 saturated heterocycles. The lowest BCUT2D eigenvalue weighted by Gasteiger charge is -2.36. The van der Waals surface area contributed by atoms with Crippen LogP contribution in [0.1, 0.15) is 36.0 Å². The summed E-state index contributed by atoms with van der Waals surface area (Å²) in [4.78, 5) is 14.9. The highest BCUT2D eigenvalue weighted by atomic mass is 35.5. The molecule has 0 aromatic carbocycles. The Morgan fingerprint density at radius 1 is 1.25 bits per heavy atom. The Balaban J connectivity index is 1.71. The van der Waals surface area contributed by atoms with Gasteiger partial charge in [0.15, 0.2) is 0 Å². The number of halogens is 1. The van der Waals surface area contributed by atoms with E-state index in [-0.39, 0.29) is 11.3 Å². The van der Waals surface area contributed by atoms with Crippen LogP contribution >= 0.6 is 11.6 Å². The van der Waals surface area contributed by atoms with E-state index in [1.165, 1.54) is 0 Å². The van der Waals surface area contributed by atoms with E-state index in [0.29, 0.717) is 17.6 Å². The normalized spacial score (nSPS) is 29.1. The van der Waals surface area contributed by atoms with E-state index in [2.05, 4.69) is 10.00 Å². The fraction of sp³-hybridized carbons (Fsp3) is 0.467. The summed E-state index contributed by atoms with van der Waals surface area (Å²) in [5.41, 5.74) is 1.58. The highest BCUT2D eigenvalue weighted by Crippen LogP contribution is 2.38. The Hall–Kier alpha value is -1.55. The fourth-order valence-electron chi connectivity index (χ4n) is 3.68. The van der Waals surface area contributed by atoms with Crippen molar-refractivity contribution in [3.05, 3.63) is 36.2 Å². The van der Waals surface area contributed by atoms with Gasteiger partial charge in [0.05, 0.1) is 17.3 Å². The first kappa shape index (κ1) is 12.2. The van der Waals surface area contributed by atoms with E-state index in [4.69, 9.17) is 11.6 Å². The lowest BCUT2D eigenvalue weighted by molar-refractivity contribution is 0.0601. The second kappa shape index (κ2) is 4.48. The number of pyridine rings is 1. The van der Waals surface area contributed by atoms with Crippen LogP contribution in [0.25, 0.3) is 5.52 Å². The van der Waals surface area contributed by atoms with Crippen LogP contribution in [0, 0.1) is 0 Å². The van der Waals surface area contributed by atoms with Crippen molar-refractivity contribution < 1.29 is 4.79 Å². The minimum Gasteiger partial charge on any atom is -0.332 e. The minimum absolute atomic E-state index is 0.113. The van der Waals surface area contributed by atoms with Crippen LogP contribution in [0.5, 0.6) is 0 Å². The van der Waals surface area contributed by atoms with Gasteiger partial charge in [-0.3, -0.25) is 4.79 Å². The molecule has 5 heteroatoms. The Morgan fingerprint density at radius 3 is 2.75 bits per heavy atom. The van der Waals surface area contributed by atoms with Crippen molar-refractivity contribution in [3.8, 4) is 0 Å². The molecule has 0 spiro atoms. The zero-order valence-corrected chi connectivity index (χ0v) is 11.8. The van der Waals surface area contributed by atoms with Gasteiger partial charge in [0.1, 0.15) is 0 Å². The first-order valence-corrected chi connectivity index (χ1v) is 7.57. The number of piperidine rings is 1. The molecule has 0 radical (unpaired) electrons. The van der Waals surface area contributed by atoms with Crippen LogP contribution in [0.15, 0.2) is 30.6 Å². The zero-order valence-electron chi connectivity index (χ0n) is 11.1. The van der Waals surface area contributed by atoms with Gasteiger partial charge in [-0.05, 0) is 37.8 Å². The summed E-state index contributed by atoms with van der Waals surface area (Å²) in [6.45, 7) is 0. The number of alkyl halides is 1. The number of amides is 1. The first-order valence-electron chi connectivity index (χ1n) is 7.13. The molecule has 104 valence electrons. The predicted octanol–water partition coefficient (Wildman–Crippen LogP) is 2.71. The van der Waals surface area contributed by atoms with Gasteiger partial charge in [-0.25, -0.2) is 4.52 Å². The predicted molar refractivity (Wildman–Crippen MR) is 77.0 cm³/mol. The van der Waals surface area contributed by atoms with Crippen LogP contribution < -0.4 is 0 Å². The zero-order chi connectivity index (χ0) is 13.7. The van der Waals surface area contributed by atoms with Gasteiger partial charge in [0.25, 0.3) is 5.91 Å². The maximum Gasteiger partial charge on any atom is 0.258 e. The van der Waals surface area contributed by atoms with Crippen molar-refractivity contribution in [1.82, 2.24) is 14.5 Å². The van der Waals surface area contributed by atoms with Crippen molar-refractivity contribution in [2.45, 2.75) is 43.1 Å². The van der Waals surface area contributed by atoms with Gasteiger partial charge in [0.2, 0.25) is 0 Å². The van der Waals surface area contributed by atoms with E-state index in [1.54, 1.807) is 10.7 Å². The van der Waals surface area contributed by atoms with E-state index in [9.17, 15) is 4.79 Å². The lowest BCUT2D eigenvalue weighted by atomic mass is 10.0. The number of nitrogens with zero attached hydrogens (tertiary/aromatic N) is 3. The Morgan fingerprint density at radius 2 is 2.00 bits per heavy atom. The second-order valence-electron chi connectivity index (χ2n) is 5.75. The van der Waals surface area contributed by atoms with Crippen molar-refractivity contribution in [2.75, 3.05) is 0 Å². The van der Waals surface area contributed by atoms with Crippen LogP contribution in [-0.2, 0) is 0 Å². The Bertz CT molecular complexity index is 654. The van der Waals surface area contributed by atoms with Gasteiger partial charge in [-0.2, -0.15) is 5.10 Å². The molecule has 1 amide bonds. The molecule has 2 atom stereocenters. The highest BCUT2D eigenvalue weighted by Gasteiger charge is 2.43. The molecular formula is C15H16ClN3O. The minimum atomic E-state index is 0.113. The molecule has 2 fully saturated rings. The summed E-state index contributed by atoms with van der Waals surface area (Å²) in [5, 5.41) is 4.49. The number of hydrogen-bond donors (Lipinski definition) is 0. The third-order valence-corrected chi connectivity index (χ3v) is 4.92. The molecular weight excluding hydrogens is 274 g/mol. The van der Waals surface area contributed by atoms with Crippen LogP contribution in [0.2, 0.25) is 0 Å². The molecule has 0 aliphatic carbocycles. The quantitative estimate of drug-likeness (QED) is 0.757. The van der Waals surface area contributed by atoms with Crippen LogP contribution in [-0.4, -0.2) is 37.9 Å². The maximum absolute atomic E-state index is 12.9. The van der Waals surface area contributed by atoms with Gasteiger partial charge in [0, 0.05) is 23.7 Å². The fourth-order valence-corrected chi connectivity index (χ4v) is 4.09. The maximum atomic E-state index is 12.9. The first-order chi connectivity index (χ1) is 9.74. The molecule has 4 heterocycles. The summed E-state index contributed by atoms with van der Waals surface area (Å²) in [5.74, 6) is 0.113. The third-order valence-electron chi connectivity index (χ3n) is 4.57. The summed E-state index contributed by atoms with van der Waals surface area (Å²) in [6, 6.07) is 6.41. The van der Waals surface area contributed by atoms with Crippen molar-refractivity contribution in [1.29, 1.82) is 0 Å². The molecule has 2 bridgehead atoms. The molecule has 2 aliphatic rings.